The largest absolute Gasteiger partial charge is 0.289 e. The van der Waals surface area contributed by atoms with Crippen molar-refractivity contribution in [1.29, 1.82) is 0 Å². The van der Waals surface area contributed by atoms with Crippen molar-refractivity contribution in [3.63, 3.8) is 0 Å². The average molecular weight is 130 g/mol. The number of piperidine rings is 1. The second-order valence-electron chi connectivity index (χ2n) is 2.47. The highest BCUT2D eigenvalue weighted by molar-refractivity contribution is 4.60. The second kappa shape index (κ2) is 3.82. The normalized spacial score (nSPS) is 22.3. The zero-order valence-electron chi connectivity index (χ0n) is 5.68. The molecule has 1 rings (SSSR count). The van der Waals surface area contributed by atoms with Crippen LogP contribution >= 0.6 is 0 Å². The van der Waals surface area contributed by atoms with Crippen molar-refractivity contribution in [2.75, 3.05) is 19.8 Å². The molecule has 1 aliphatic rings. The summed E-state index contributed by atoms with van der Waals surface area (Å²) in [7, 11) is 0. The zero-order valence-corrected chi connectivity index (χ0v) is 5.68. The predicted molar refractivity (Wildman–Crippen MR) is 35.6 cm³/mol. The molecule has 0 aromatic heterocycles. The van der Waals surface area contributed by atoms with Crippen molar-refractivity contribution in [3.8, 4) is 0 Å². The maximum atomic E-state index is 4.92. The van der Waals surface area contributed by atoms with Gasteiger partial charge in [0.25, 0.3) is 0 Å². The first-order chi connectivity index (χ1) is 4.43. The Hall–Kier alpha value is -0.120. The van der Waals surface area contributed by atoms with E-state index in [9.17, 15) is 0 Å². The van der Waals surface area contributed by atoms with Gasteiger partial charge < -0.3 is 0 Å². The summed E-state index contributed by atoms with van der Waals surface area (Å²) < 4.78 is 0. The molecule has 1 fully saturated rings. The van der Waals surface area contributed by atoms with Crippen LogP contribution in [0, 0.1) is 0 Å². The number of hydrogen-bond donors (Lipinski definition) is 1. The molecule has 9 heavy (non-hydrogen) atoms. The average Bonchev–Trinajstić information content (AvgIpc) is 1.91. The van der Waals surface area contributed by atoms with E-state index in [0.29, 0.717) is 6.73 Å². The molecule has 0 saturated carbocycles. The summed E-state index contributed by atoms with van der Waals surface area (Å²) in [6.45, 7) is 2.90. The van der Waals surface area contributed by atoms with Crippen molar-refractivity contribution < 1.29 is 4.84 Å². The smallest absolute Gasteiger partial charge is 0.121 e. The molecule has 0 atom stereocenters. The molecule has 0 spiro atoms. The Morgan fingerprint density at radius 2 is 1.89 bits per heavy atom. The van der Waals surface area contributed by atoms with Gasteiger partial charge in [-0.25, -0.2) is 5.90 Å². The molecule has 0 bridgehead atoms. The van der Waals surface area contributed by atoms with Crippen LogP contribution in [0.5, 0.6) is 0 Å². The maximum Gasteiger partial charge on any atom is 0.121 e. The first kappa shape index (κ1) is 6.99. The Kier molecular flexibility index (Phi) is 2.97. The molecule has 1 aliphatic heterocycles. The van der Waals surface area contributed by atoms with Crippen LogP contribution in [-0.4, -0.2) is 24.7 Å². The molecular weight excluding hydrogens is 116 g/mol. The summed E-state index contributed by atoms with van der Waals surface area (Å²) in [4.78, 5) is 6.73. The summed E-state index contributed by atoms with van der Waals surface area (Å²) in [6.07, 6.45) is 3.95. The van der Waals surface area contributed by atoms with Crippen molar-refractivity contribution >= 4 is 0 Å². The van der Waals surface area contributed by atoms with Gasteiger partial charge in [0.05, 0.1) is 0 Å². The van der Waals surface area contributed by atoms with E-state index in [1.165, 1.54) is 19.3 Å². The Morgan fingerprint density at radius 1 is 1.22 bits per heavy atom. The Balaban J connectivity index is 2.08. The number of nitrogens with two attached hydrogens (primary N) is 1. The van der Waals surface area contributed by atoms with Gasteiger partial charge in [-0.2, -0.15) is 0 Å². The third kappa shape index (κ3) is 2.30. The quantitative estimate of drug-likeness (QED) is 0.547. The molecule has 54 valence electrons. The number of rotatable bonds is 2. The number of likely N-dealkylation sites (tertiary alicyclic amines) is 1. The molecule has 1 saturated heterocycles. The predicted octanol–water partition coefficient (Wildman–Crippen LogP) is 0.320. The summed E-state index contributed by atoms with van der Waals surface area (Å²) in [5.74, 6) is 4.92. The molecular formula is C6H14N2O. The Bertz CT molecular complexity index is 68.7. The van der Waals surface area contributed by atoms with Crippen molar-refractivity contribution in [3.05, 3.63) is 0 Å². The van der Waals surface area contributed by atoms with Crippen LogP contribution in [0.1, 0.15) is 19.3 Å². The highest BCUT2D eigenvalue weighted by atomic mass is 16.6. The van der Waals surface area contributed by atoms with Crippen molar-refractivity contribution in [2.24, 2.45) is 5.90 Å². The highest BCUT2D eigenvalue weighted by Crippen LogP contribution is 2.06. The summed E-state index contributed by atoms with van der Waals surface area (Å²) in [5, 5.41) is 0. The van der Waals surface area contributed by atoms with E-state index in [1.807, 2.05) is 0 Å². The van der Waals surface area contributed by atoms with Crippen molar-refractivity contribution in [1.82, 2.24) is 4.90 Å². The Morgan fingerprint density at radius 3 is 2.44 bits per heavy atom. The van der Waals surface area contributed by atoms with Crippen LogP contribution in [0.3, 0.4) is 0 Å². The third-order valence-electron chi connectivity index (χ3n) is 1.71. The molecule has 0 amide bonds. The molecule has 2 N–H and O–H groups in total. The van der Waals surface area contributed by atoms with E-state index < -0.39 is 0 Å². The maximum absolute atomic E-state index is 4.92. The lowest BCUT2D eigenvalue weighted by Crippen LogP contribution is -2.32. The van der Waals surface area contributed by atoms with Gasteiger partial charge in [0, 0.05) is 13.1 Å². The van der Waals surface area contributed by atoms with Crippen LogP contribution in [-0.2, 0) is 4.84 Å². The van der Waals surface area contributed by atoms with E-state index in [4.69, 9.17) is 5.90 Å². The monoisotopic (exact) mass is 130 g/mol. The van der Waals surface area contributed by atoms with Gasteiger partial charge in [-0.15, -0.1) is 0 Å². The summed E-state index contributed by atoms with van der Waals surface area (Å²) >= 11 is 0. The van der Waals surface area contributed by atoms with Gasteiger partial charge in [0.1, 0.15) is 6.73 Å². The minimum atomic E-state index is 0.597. The lowest BCUT2D eigenvalue weighted by atomic mass is 10.1. The van der Waals surface area contributed by atoms with Gasteiger partial charge in [-0.05, 0) is 12.8 Å². The van der Waals surface area contributed by atoms with Crippen LogP contribution < -0.4 is 5.90 Å². The molecule has 3 nitrogen and oxygen atoms in total. The molecule has 0 aliphatic carbocycles. The standard InChI is InChI=1S/C6H14N2O/c7-9-6-8-4-2-1-3-5-8/h1-7H2. The number of nitrogens with zero attached hydrogens (tertiary/aromatic N) is 1. The lowest BCUT2D eigenvalue weighted by molar-refractivity contribution is 0.0184. The fourth-order valence-corrected chi connectivity index (χ4v) is 1.19. The fourth-order valence-electron chi connectivity index (χ4n) is 1.19. The molecule has 0 aromatic carbocycles. The van der Waals surface area contributed by atoms with Gasteiger partial charge in [0.2, 0.25) is 0 Å². The molecule has 0 unspecified atom stereocenters. The van der Waals surface area contributed by atoms with Crippen LogP contribution in [0.15, 0.2) is 0 Å². The minimum Gasteiger partial charge on any atom is -0.289 e. The lowest BCUT2D eigenvalue weighted by Gasteiger charge is -2.24. The van der Waals surface area contributed by atoms with Crippen molar-refractivity contribution in [2.45, 2.75) is 19.3 Å². The first-order valence-corrected chi connectivity index (χ1v) is 3.47. The molecule has 0 radical (unpaired) electrons. The van der Waals surface area contributed by atoms with Gasteiger partial charge in [-0.3, -0.25) is 9.74 Å². The second-order valence-corrected chi connectivity index (χ2v) is 2.47. The van der Waals surface area contributed by atoms with E-state index >= 15 is 0 Å². The van der Waals surface area contributed by atoms with Gasteiger partial charge >= 0.3 is 0 Å². The summed E-state index contributed by atoms with van der Waals surface area (Å²) in [6, 6.07) is 0. The van der Waals surface area contributed by atoms with E-state index in [1.54, 1.807) is 0 Å². The number of hydrogen-bond acceptors (Lipinski definition) is 3. The van der Waals surface area contributed by atoms with Crippen LogP contribution in [0.2, 0.25) is 0 Å². The SMILES string of the molecule is NOCN1CCCCC1. The minimum absolute atomic E-state index is 0.597. The van der Waals surface area contributed by atoms with Gasteiger partial charge in [0.15, 0.2) is 0 Å². The molecule has 3 heteroatoms. The molecule has 0 aromatic rings. The van der Waals surface area contributed by atoms with E-state index in [-0.39, 0.29) is 0 Å². The van der Waals surface area contributed by atoms with Crippen LogP contribution in [0.4, 0.5) is 0 Å². The van der Waals surface area contributed by atoms with E-state index in [2.05, 4.69) is 9.74 Å². The zero-order chi connectivity index (χ0) is 6.53. The summed E-state index contributed by atoms with van der Waals surface area (Å²) in [5.41, 5.74) is 0. The topological polar surface area (TPSA) is 38.5 Å². The highest BCUT2D eigenvalue weighted by Gasteiger charge is 2.07. The first-order valence-electron chi connectivity index (χ1n) is 3.47. The van der Waals surface area contributed by atoms with Crippen LogP contribution in [0.25, 0.3) is 0 Å². The third-order valence-corrected chi connectivity index (χ3v) is 1.71. The van der Waals surface area contributed by atoms with E-state index in [0.717, 1.165) is 13.1 Å². The fraction of sp³-hybridized carbons (Fsp3) is 1.00. The van der Waals surface area contributed by atoms with Gasteiger partial charge in [-0.1, -0.05) is 6.42 Å². The Labute approximate surface area is 55.7 Å². The molecule has 1 heterocycles.